The highest BCUT2D eigenvalue weighted by molar-refractivity contribution is 5.77. The van der Waals surface area contributed by atoms with Crippen LogP contribution in [0.1, 0.15) is 16.7 Å². The second-order valence-corrected chi connectivity index (χ2v) is 5.85. The van der Waals surface area contributed by atoms with Gasteiger partial charge < -0.3 is 20.5 Å². The Morgan fingerprint density at radius 2 is 1.92 bits per heavy atom. The van der Waals surface area contributed by atoms with E-state index in [4.69, 9.17) is 15.2 Å². The Kier molecular flexibility index (Phi) is 7.55. The van der Waals surface area contributed by atoms with E-state index in [-0.39, 0.29) is 0 Å². The summed E-state index contributed by atoms with van der Waals surface area (Å²) in [6, 6.07) is 14.2. The fraction of sp³-hybridized carbons (Fsp3) is 0.286. The molecule has 0 aromatic heterocycles. The van der Waals surface area contributed by atoms with E-state index in [1.54, 1.807) is 14.2 Å². The van der Waals surface area contributed by atoms with Crippen molar-refractivity contribution < 1.29 is 9.47 Å². The molecule has 0 fully saturated rings. The van der Waals surface area contributed by atoms with Crippen molar-refractivity contribution in [3.8, 4) is 11.5 Å². The molecule has 0 saturated carbocycles. The molecule has 0 radical (unpaired) electrons. The molecule has 0 aliphatic heterocycles. The van der Waals surface area contributed by atoms with E-state index < -0.39 is 0 Å². The summed E-state index contributed by atoms with van der Waals surface area (Å²) in [6.07, 6.45) is 3.43. The van der Waals surface area contributed by atoms with Gasteiger partial charge >= 0.3 is 0 Å². The third kappa shape index (κ3) is 5.55. The highest BCUT2D eigenvalue weighted by Gasteiger charge is 2.11. The van der Waals surface area contributed by atoms with Gasteiger partial charge in [-0.25, -0.2) is 4.99 Å². The van der Waals surface area contributed by atoms with Crippen LogP contribution in [-0.4, -0.2) is 26.7 Å². The number of nitrogens with two attached hydrogens (primary N) is 1. The molecule has 0 aliphatic rings. The monoisotopic (exact) mass is 353 g/mol. The van der Waals surface area contributed by atoms with Crippen molar-refractivity contribution in [2.45, 2.75) is 19.4 Å². The van der Waals surface area contributed by atoms with Crippen LogP contribution in [0.15, 0.2) is 60.1 Å². The number of allylic oxidation sites excluding steroid dienone is 1. The molecule has 5 heteroatoms. The minimum Gasteiger partial charge on any atom is -0.493 e. The first-order chi connectivity index (χ1) is 12.7. The van der Waals surface area contributed by atoms with Crippen LogP contribution in [0.3, 0.4) is 0 Å². The lowest BCUT2D eigenvalue weighted by molar-refractivity contribution is 0.352. The molecule has 0 amide bonds. The van der Waals surface area contributed by atoms with E-state index in [0.717, 1.165) is 29.8 Å². The summed E-state index contributed by atoms with van der Waals surface area (Å²) in [4.78, 5) is 4.42. The van der Waals surface area contributed by atoms with Crippen LogP contribution in [0.5, 0.6) is 11.5 Å². The Balaban J connectivity index is 1.99. The summed E-state index contributed by atoms with van der Waals surface area (Å²) in [5.41, 5.74) is 9.26. The first-order valence-electron chi connectivity index (χ1n) is 8.60. The van der Waals surface area contributed by atoms with Crippen molar-refractivity contribution >= 4 is 5.96 Å². The standard InChI is InChI=1S/C21H27N3O2/c1-4-8-18-13-17(14-19(25-2)20(18)26-3)15-24-21(22)23-12-11-16-9-6-5-7-10-16/h4-7,9-10,13-14H,1,8,11-12,15H2,2-3H3,(H3,22,23,24). The van der Waals surface area contributed by atoms with Crippen molar-refractivity contribution in [3.05, 3.63) is 71.8 Å². The molecule has 0 bridgehead atoms. The zero-order valence-electron chi connectivity index (χ0n) is 15.5. The Bertz CT molecular complexity index is 742. The largest absolute Gasteiger partial charge is 0.493 e. The molecule has 2 rings (SSSR count). The molecule has 2 aromatic carbocycles. The molecule has 26 heavy (non-hydrogen) atoms. The van der Waals surface area contributed by atoms with E-state index in [0.29, 0.717) is 24.7 Å². The zero-order chi connectivity index (χ0) is 18.8. The van der Waals surface area contributed by atoms with E-state index in [9.17, 15) is 0 Å². The minimum atomic E-state index is 0.431. The Morgan fingerprint density at radius 3 is 2.58 bits per heavy atom. The topological polar surface area (TPSA) is 68.9 Å². The third-order valence-corrected chi connectivity index (χ3v) is 3.97. The fourth-order valence-corrected chi connectivity index (χ4v) is 2.72. The van der Waals surface area contributed by atoms with Crippen LogP contribution in [0.4, 0.5) is 0 Å². The molecule has 138 valence electrons. The van der Waals surface area contributed by atoms with Crippen molar-refractivity contribution in [1.82, 2.24) is 5.32 Å². The molecule has 0 saturated heterocycles. The first-order valence-corrected chi connectivity index (χ1v) is 8.60. The number of nitrogens with one attached hydrogen (secondary N) is 1. The van der Waals surface area contributed by atoms with Crippen LogP contribution in [0.25, 0.3) is 0 Å². The Morgan fingerprint density at radius 1 is 1.15 bits per heavy atom. The lowest BCUT2D eigenvalue weighted by Crippen LogP contribution is -2.33. The van der Waals surface area contributed by atoms with Crippen molar-refractivity contribution in [2.24, 2.45) is 10.7 Å². The van der Waals surface area contributed by atoms with E-state index in [1.807, 2.05) is 36.4 Å². The van der Waals surface area contributed by atoms with Gasteiger partial charge in [-0.3, -0.25) is 0 Å². The second-order valence-electron chi connectivity index (χ2n) is 5.85. The average molecular weight is 353 g/mol. The molecular weight excluding hydrogens is 326 g/mol. The van der Waals surface area contributed by atoms with Gasteiger partial charge in [-0.05, 0) is 36.1 Å². The Hall–Kier alpha value is -2.95. The summed E-state index contributed by atoms with van der Waals surface area (Å²) in [5, 5.41) is 3.15. The van der Waals surface area contributed by atoms with Gasteiger partial charge in [0.1, 0.15) is 0 Å². The zero-order valence-corrected chi connectivity index (χ0v) is 15.5. The molecule has 5 nitrogen and oxygen atoms in total. The SMILES string of the molecule is C=CCc1cc(CN=C(N)NCCc2ccccc2)cc(OC)c1OC. The van der Waals surface area contributed by atoms with Crippen LogP contribution in [0, 0.1) is 0 Å². The van der Waals surface area contributed by atoms with Gasteiger partial charge in [0.05, 0.1) is 20.8 Å². The first kappa shape index (κ1) is 19.4. The number of nitrogens with zero attached hydrogens (tertiary/aromatic N) is 1. The van der Waals surface area contributed by atoms with Gasteiger partial charge in [-0.2, -0.15) is 0 Å². The molecule has 0 spiro atoms. The molecule has 0 aliphatic carbocycles. The summed E-state index contributed by atoms with van der Waals surface area (Å²) >= 11 is 0. The summed E-state index contributed by atoms with van der Waals surface area (Å²) in [7, 11) is 3.26. The second kappa shape index (κ2) is 10.1. The normalized spacial score (nSPS) is 11.1. The van der Waals surface area contributed by atoms with Crippen molar-refractivity contribution in [3.63, 3.8) is 0 Å². The van der Waals surface area contributed by atoms with E-state index in [1.165, 1.54) is 5.56 Å². The van der Waals surface area contributed by atoms with Crippen LogP contribution in [0.2, 0.25) is 0 Å². The van der Waals surface area contributed by atoms with Crippen molar-refractivity contribution in [2.75, 3.05) is 20.8 Å². The quantitative estimate of drug-likeness (QED) is 0.413. The van der Waals surface area contributed by atoms with Gasteiger partial charge in [-0.1, -0.05) is 36.4 Å². The molecule has 3 N–H and O–H groups in total. The molecular formula is C21H27N3O2. The van der Waals surface area contributed by atoms with Gasteiger partial charge in [0.15, 0.2) is 17.5 Å². The van der Waals surface area contributed by atoms with Crippen molar-refractivity contribution in [1.29, 1.82) is 0 Å². The number of hydrogen-bond donors (Lipinski definition) is 2. The number of methoxy groups -OCH3 is 2. The van der Waals surface area contributed by atoms with Crippen LogP contribution < -0.4 is 20.5 Å². The molecule has 2 aromatic rings. The highest BCUT2D eigenvalue weighted by atomic mass is 16.5. The third-order valence-electron chi connectivity index (χ3n) is 3.97. The van der Waals surface area contributed by atoms with Crippen LogP contribution in [-0.2, 0) is 19.4 Å². The predicted octanol–water partition coefficient (Wildman–Crippen LogP) is 3.08. The summed E-state index contributed by atoms with van der Waals surface area (Å²) < 4.78 is 10.9. The maximum Gasteiger partial charge on any atom is 0.188 e. The van der Waals surface area contributed by atoms with Gasteiger partial charge in [-0.15, -0.1) is 6.58 Å². The van der Waals surface area contributed by atoms with Gasteiger partial charge in [0, 0.05) is 12.1 Å². The number of hydrogen-bond acceptors (Lipinski definition) is 3. The maximum absolute atomic E-state index is 5.98. The number of ether oxygens (including phenoxy) is 2. The molecule has 0 atom stereocenters. The number of benzene rings is 2. The highest BCUT2D eigenvalue weighted by Crippen LogP contribution is 2.33. The summed E-state index contributed by atoms with van der Waals surface area (Å²) in [5.74, 6) is 1.85. The molecule has 0 unspecified atom stereocenters. The average Bonchev–Trinajstić information content (AvgIpc) is 2.67. The van der Waals surface area contributed by atoms with Gasteiger partial charge in [0.25, 0.3) is 0 Å². The lowest BCUT2D eigenvalue weighted by atomic mass is 10.1. The number of guanidine groups is 1. The van der Waals surface area contributed by atoms with E-state index in [2.05, 4.69) is 29.0 Å². The smallest absolute Gasteiger partial charge is 0.188 e. The number of rotatable bonds is 9. The van der Waals surface area contributed by atoms with Gasteiger partial charge in [0.2, 0.25) is 0 Å². The predicted molar refractivity (Wildman–Crippen MR) is 107 cm³/mol. The maximum atomic E-state index is 5.98. The molecule has 0 heterocycles. The van der Waals surface area contributed by atoms with E-state index >= 15 is 0 Å². The lowest BCUT2D eigenvalue weighted by Gasteiger charge is -2.14. The Labute approximate surface area is 155 Å². The number of aliphatic imine (C=N–C) groups is 1. The fourth-order valence-electron chi connectivity index (χ4n) is 2.72. The summed E-state index contributed by atoms with van der Waals surface area (Å²) in [6.45, 7) is 5.01. The van der Waals surface area contributed by atoms with Crippen LogP contribution >= 0.6 is 0 Å². The minimum absolute atomic E-state index is 0.431.